The largest absolute Gasteiger partial charge is 0.422 e. The van der Waals surface area contributed by atoms with Crippen LogP contribution in [0.15, 0.2) is 64.1 Å². The molecule has 7 nitrogen and oxygen atoms in total. The Kier molecular flexibility index (Phi) is 3.24. The van der Waals surface area contributed by atoms with Crippen molar-refractivity contribution in [1.82, 2.24) is 20.4 Å². The minimum absolute atomic E-state index is 0.386. The Hall–Kier alpha value is -3.61. The maximum Gasteiger partial charge on any atom is 0.344 e. The summed E-state index contributed by atoms with van der Waals surface area (Å²) in [4.78, 5) is 12.3. The Bertz CT molecular complexity index is 1090. The number of nitrogens with two attached hydrogens (primary N) is 1. The van der Waals surface area contributed by atoms with Crippen LogP contribution in [0.2, 0.25) is 0 Å². The fraction of sp³-hybridized carbons (Fsp3) is 0. The smallest absolute Gasteiger partial charge is 0.344 e. The van der Waals surface area contributed by atoms with E-state index in [4.69, 9.17) is 10.2 Å². The van der Waals surface area contributed by atoms with Gasteiger partial charge in [0, 0.05) is 22.7 Å². The summed E-state index contributed by atoms with van der Waals surface area (Å²) in [7, 11) is 0. The Balaban J connectivity index is 1.87. The molecule has 0 aliphatic heterocycles. The Labute approximate surface area is 135 Å². The van der Waals surface area contributed by atoms with Gasteiger partial charge in [-0.2, -0.15) is 0 Å². The molecule has 0 bridgehead atoms. The standard InChI is InChI=1S/C17H11N5O2/c18-13-5-4-11-7-14(17(23)24-15(11)8-13)10-2-1-3-12(6-10)16-21-19-9-20-22-16/h1-9H,18H2. The van der Waals surface area contributed by atoms with Crippen LogP contribution in [0.5, 0.6) is 0 Å². The highest BCUT2D eigenvalue weighted by Gasteiger charge is 2.10. The van der Waals surface area contributed by atoms with Gasteiger partial charge in [-0.15, -0.1) is 20.4 Å². The van der Waals surface area contributed by atoms with Crippen LogP contribution >= 0.6 is 0 Å². The summed E-state index contributed by atoms with van der Waals surface area (Å²) >= 11 is 0. The number of fused-ring (bicyclic) bond motifs is 1. The summed E-state index contributed by atoms with van der Waals surface area (Å²) in [6, 6.07) is 14.2. The highest BCUT2D eigenvalue weighted by Crippen LogP contribution is 2.25. The first-order valence-electron chi connectivity index (χ1n) is 7.15. The minimum atomic E-state index is -0.435. The van der Waals surface area contributed by atoms with Crippen LogP contribution in [0.1, 0.15) is 0 Å². The first-order valence-corrected chi connectivity index (χ1v) is 7.15. The van der Waals surface area contributed by atoms with Crippen LogP contribution in [0.25, 0.3) is 33.5 Å². The van der Waals surface area contributed by atoms with E-state index in [1.807, 2.05) is 24.3 Å². The van der Waals surface area contributed by atoms with Gasteiger partial charge >= 0.3 is 5.63 Å². The zero-order valence-electron chi connectivity index (χ0n) is 12.4. The molecule has 0 aliphatic carbocycles. The summed E-state index contributed by atoms with van der Waals surface area (Å²) in [5, 5.41) is 16.1. The van der Waals surface area contributed by atoms with Gasteiger partial charge in [0.2, 0.25) is 5.82 Å². The third-order valence-electron chi connectivity index (χ3n) is 3.60. The molecule has 24 heavy (non-hydrogen) atoms. The Morgan fingerprint density at radius 3 is 2.54 bits per heavy atom. The van der Waals surface area contributed by atoms with E-state index in [0.29, 0.717) is 33.8 Å². The van der Waals surface area contributed by atoms with Crippen molar-refractivity contribution in [3.63, 3.8) is 0 Å². The SMILES string of the molecule is Nc1ccc2cc(-c3cccc(-c4nncnn4)c3)c(=O)oc2c1. The molecule has 2 N–H and O–H groups in total. The lowest BCUT2D eigenvalue weighted by Gasteiger charge is -2.05. The predicted octanol–water partition coefficient (Wildman–Crippen LogP) is 2.29. The number of rotatable bonds is 2. The van der Waals surface area contributed by atoms with E-state index in [9.17, 15) is 4.79 Å². The van der Waals surface area contributed by atoms with Crippen molar-refractivity contribution < 1.29 is 4.42 Å². The zero-order chi connectivity index (χ0) is 16.5. The third-order valence-corrected chi connectivity index (χ3v) is 3.60. The van der Waals surface area contributed by atoms with Crippen molar-refractivity contribution in [1.29, 1.82) is 0 Å². The lowest BCUT2D eigenvalue weighted by atomic mass is 10.0. The molecule has 4 rings (SSSR count). The number of nitrogen functional groups attached to an aromatic ring is 1. The molecule has 0 atom stereocenters. The van der Waals surface area contributed by atoms with Crippen LogP contribution in [0, 0.1) is 0 Å². The molecule has 0 fully saturated rings. The molecule has 0 saturated heterocycles. The van der Waals surface area contributed by atoms with Crippen molar-refractivity contribution in [3.05, 3.63) is 65.3 Å². The van der Waals surface area contributed by atoms with Crippen LogP contribution in [-0.4, -0.2) is 20.4 Å². The summed E-state index contributed by atoms with van der Waals surface area (Å²) < 4.78 is 5.38. The number of hydrogen-bond donors (Lipinski definition) is 1. The van der Waals surface area contributed by atoms with E-state index in [0.717, 1.165) is 5.39 Å². The molecule has 0 radical (unpaired) electrons. The van der Waals surface area contributed by atoms with E-state index in [2.05, 4.69) is 20.4 Å². The summed E-state index contributed by atoms with van der Waals surface area (Å²) in [6.07, 6.45) is 1.26. The highest BCUT2D eigenvalue weighted by atomic mass is 16.4. The van der Waals surface area contributed by atoms with E-state index in [1.165, 1.54) is 6.33 Å². The molecule has 0 saturated carbocycles. The number of nitrogens with zero attached hydrogens (tertiary/aromatic N) is 4. The molecule has 0 unspecified atom stereocenters. The fourth-order valence-electron chi connectivity index (χ4n) is 2.47. The van der Waals surface area contributed by atoms with E-state index >= 15 is 0 Å². The first kappa shape index (κ1) is 14.0. The molecule has 2 aromatic heterocycles. The van der Waals surface area contributed by atoms with E-state index < -0.39 is 5.63 Å². The van der Waals surface area contributed by atoms with Gasteiger partial charge in [-0.05, 0) is 29.8 Å². The molecule has 116 valence electrons. The van der Waals surface area contributed by atoms with Crippen LogP contribution in [-0.2, 0) is 0 Å². The van der Waals surface area contributed by atoms with E-state index in [1.54, 1.807) is 24.3 Å². The number of hydrogen-bond acceptors (Lipinski definition) is 7. The maximum atomic E-state index is 12.3. The quantitative estimate of drug-likeness (QED) is 0.446. The summed E-state index contributed by atoms with van der Waals surface area (Å²) in [5.74, 6) is 0.386. The fourth-order valence-corrected chi connectivity index (χ4v) is 2.47. The molecule has 2 heterocycles. The molecule has 4 aromatic rings. The number of aromatic nitrogens is 4. The second kappa shape index (κ2) is 5.54. The Morgan fingerprint density at radius 1 is 0.917 bits per heavy atom. The van der Waals surface area contributed by atoms with Gasteiger partial charge < -0.3 is 10.2 Å². The van der Waals surface area contributed by atoms with Crippen LogP contribution in [0.4, 0.5) is 5.69 Å². The molecule has 2 aromatic carbocycles. The lowest BCUT2D eigenvalue weighted by molar-refractivity contribution is 0.563. The van der Waals surface area contributed by atoms with Gasteiger partial charge in [-0.1, -0.05) is 18.2 Å². The highest BCUT2D eigenvalue weighted by molar-refractivity contribution is 5.84. The van der Waals surface area contributed by atoms with Crippen LogP contribution < -0.4 is 11.4 Å². The van der Waals surface area contributed by atoms with Gasteiger partial charge in [0.25, 0.3) is 0 Å². The maximum absolute atomic E-state index is 12.3. The van der Waals surface area contributed by atoms with Crippen LogP contribution in [0.3, 0.4) is 0 Å². The van der Waals surface area contributed by atoms with Gasteiger partial charge in [-0.25, -0.2) is 4.79 Å². The van der Waals surface area contributed by atoms with Gasteiger partial charge in [0.15, 0.2) is 6.33 Å². The molecular formula is C17H11N5O2. The second-order valence-electron chi connectivity index (χ2n) is 5.20. The van der Waals surface area contributed by atoms with Gasteiger partial charge in [0.1, 0.15) is 5.58 Å². The lowest BCUT2D eigenvalue weighted by Crippen LogP contribution is -2.03. The second-order valence-corrected chi connectivity index (χ2v) is 5.20. The Morgan fingerprint density at radius 2 is 1.71 bits per heavy atom. The molecule has 0 spiro atoms. The van der Waals surface area contributed by atoms with Gasteiger partial charge in [-0.3, -0.25) is 0 Å². The molecule has 7 heteroatoms. The summed E-state index contributed by atoms with van der Waals surface area (Å²) in [6.45, 7) is 0. The molecular weight excluding hydrogens is 306 g/mol. The van der Waals surface area contributed by atoms with Crippen molar-refractivity contribution in [2.75, 3.05) is 5.73 Å². The average Bonchev–Trinajstić information content (AvgIpc) is 2.62. The van der Waals surface area contributed by atoms with Crippen molar-refractivity contribution in [3.8, 4) is 22.5 Å². The first-order chi connectivity index (χ1) is 11.7. The monoisotopic (exact) mass is 317 g/mol. The van der Waals surface area contributed by atoms with Crippen molar-refractivity contribution in [2.45, 2.75) is 0 Å². The summed E-state index contributed by atoms with van der Waals surface area (Å²) in [5.41, 5.74) is 8.15. The topological polar surface area (TPSA) is 108 Å². The number of benzene rings is 2. The number of anilines is 1. The van der Waals surface area contributed by atoms with Crippen molar-refractivity contribution >= 4 is 16.7 Å². The minimum Gasteiger partial charge on any atom is -0.422 e. The average molecular weight is 317 g/mol. The van der Waals surface area contributed by atoms with E-state index in [-0.39, 0.29) is 0 Å². The van der Waals surface area contributed by atoms with Gasteiger partial charge in [0.05, 0.1) is 5.56 Å². The van der Waals surface area contributed by atoms with Crippen molar-refractivity contribution in [2.24, 2.45) is 0 Å². The zero-order valence-corrected chi connectivity index (χ0v) is 12.4. The molecule has 0 amide bonds. The third kappa shape index (κ3) is 2.48. The normalized spacial score (nSPS) is 10.8. The predicted molar refractivity (Wildman–Crippen MR) is 88.9 cm³/mol. The molecule has 0 aliphatic rings.